The van der Waals surface area contributed by atoms with Crippen molar-refractivity contribution < 1.29 is 9.53 Å². The fraction of sp³-hybridized carbons (Fsp3) is 0.0714. The van der Waals surface area contributed by atoms with Crippen LogP contribution >= 0.6 is 39.1 Å². The predicted octanol–water partition coefficient (Wildman–Crippen LogP) is 4.70. The van der Waals surface area contributed by atoms with E-state index in [2.05, 4.69) is 15.9 Å². The van der Waals surface area contributed by atoms with Crippen molar-refractivity contribution in [2.75, 3.05) is 5.73 Å². The van der Waals surface area contributed by atoms with Crippen LogP contribution in [0.5, 0.6) is 0 Å². The third-order valence-electron chi connectivity index (χ3n) is 2.60. The molecule has 0 fully saturated rings. The van der Waals surface area contributed by atoms with Gasteiger partial charge in [0.25, 0.3) is 0 Å². The first-order chi connectivity index (χ1) is 9.47. The minimum atomic E-state index is -0.560. The highest BCUT2D eigenvalue weighted by atomic mass is 79.9. The molecule has 0 radical (unpaired) electrons. The number of halogens is 3. The molecule has 6 heteroatoms. The summed E-state index contributed by atoms with van der Waals surface area (Å²) in [4.78, 5) is 12.0. The van der Waals surface area contributed by atoms with Crippen LogP contribution in [0.1, 0.15) is 15.9 Å². The van der Waals surface area contributed by atoms with Gasteiger partial charge >= 0.3 is 5.97 Å². The third-order valence-corrected chi connectivity index (χ3v) is 3.66. The lowest BCUT2D eigenvalue weighted by Gasteiger charge is -2.09. The molecule has 2 rings (SSSR count). The molecular weight excluding hydrogens is 365 g/mol. The quantitative estimate of drug-likeness (QED) is 0.626. The normalized spacial score (nSPS) is 10.3. The van der Waals surface area contributed by atoms with Gasteiger partial charge in [-0.15, -0.1) is 0 Å². The van der Waals surface area contributed by atoms with Crippen molar-refractivity contribution in [1.29, 1.82) is 0 Å². The van der Waals surface area contributed by atoms with Crippen LogP contribution in [-0.4, -0.2) is 5.97 Å². The molecule has 0 heterocycles. The highest BCUT2D eigenvalue weighted by Crippen LogP contribution is 2.28. The summed E-state index contributed by atoms with van der Waals surface area (Å²) in [7, 11) is 0. The van der Waals surface area contributed by atoms with Gasteiger partial charge in [0, 0.05) is 9.50 Å². The van der Waals surface area contributed by atoms with Gasteiger partial charge in [0.1, 0.15) is 6.61 Å². The maximum atomic E-state index is 12.0. The molecule has 2 aromatic rings. The molecule has 0 aromatic heterocycles. The largest absolute Gasteiger partial charge is 0.457 e. The Morgan fingerprint density at radius 1 is 1.20 bits per heavy atom. The molecule has 0 aliphatic heterocycles. The summed E-state index contributed by atoms with van der Waals surface area (Å²) in [5, 5.41) is 0.563. The summed E-state index contributed by atoms with van der Waals surface area (Å²) < 4.78 is 6.15. The van der Waals surface area contributed by atoms with Crippen molar-refractivity contribution in [3.63, 3.8) is 0 Å². The van der Waals surface area contributed by atoms with Crippen molar-refractivity contribution >= 4 is 50.8 Å². The van der Waals surface area contributed by atoms with E-state index in [1.54, 1.807) is 0 Å². The van der Waals surface area contributed by atoms with Gasteiger partial charge in [-0.3, -0.25) is 0 Å². The van der Waals surface area contributed by atoms with E-state index in [-0.39, 0.29) is 22.9 Å². The zero-order chi connectivity index (χ0) is 14.7. The van der Waals surface area contributed by atoms with Gasteiger partial charge in [-0.25, -0.2) is 4.79 Å². The zero-order valence-corrected chi connectivity index (χ0v) is 13.3. The van der Waals surface area contributed by atoms with Crippen molar-refractivity contribution in [3.05, 3.63) is 62.0 Å². The fourth-order valence-electron chi connectivity index (χ4n) is 1.56. The highest BCUT2D eigenvalue weighted by molar-refractivity contribution is 9.10. The Bertz CT molecular complexity index is 644. The second-order valence-electron chi connectivity index (χ2n) is 4.05. The van der Waals surface area contributed by atoms with Crippen molar-refractivity contribution in [2.24, 2.45) is 0 Å². The molecule has 0 aliphatic carbocycles. The number of ether oxygens (including phenoxy) is 1. The van der Waals surface area contributed by atoms with Gasteiger partial charge in [-0.2, -0.15) is 0 Å². The summed E-state index contributed by atoms with van der Waals surface area (Å²) >= 11 is 15.1. The number of hydrogen-bond acceptors (Lipinski definition) is 3. The van der Waals surface area contributed by atoms with Crippen molar-refractivity contribution in [2.45, 2.75) is 6.61 Å². The second-order valence-corrected chi connectivity index (χ2v) is 5.81. The molecule has 0 unspecified atom stereocenters. The lowest BCUT2D eigenvalue weighted by molar-refractivity contribution is 0.0474. The number of nitrogen functional groups attached to an aromatic ring is 1. The maximum Gasteiger partial charge on any atom is 0.340 e. The number of carbonyl (C=O) groups excluding carboxylic acids is 1. The van der Waals surface area contributed by atoms with Gasteiger partial charge in [0.2, 0.25) is 0 Å². The molecule has 0 bridgehead atoms. The fourth-order valence-corrected chi connectivity index (χ4v) is 2.32. The monoisotopic (exact) mass is 373 g/mol. The predicted molar refractivity (Wildman–Crippen MR) is 84.1 cm³/mol. The number of rotatable bonds is 3. The molecule has 0 atom stereocenters. The van der Waals surface area contributed by atoms with Gasteiger partial charge in [0.15, 0.2) is 0 Å². The number of hydrogen-bond donors (Lipinski definition) is 1. The lowest BCUT2D eigenvalue weighted by atomic mass is 10.2. The first-order valence-corrected chi connectivity index (χ1v) is 7.18. The molecule has 20 heavy (non-hydrogen) atoms. The number of esters is 1. The molecule has 104 valence electrons. The Balaban J connectivity index is 2.11. The SMILES string of the molecule is Nc1c(Cl)cc(Cl)cc1C(=O)OCc1ccc(Br)cc1. The van der Waals surface area contributed by atoms with Gasteiger partial charge < -0.3 is 10.5 Å². The van der Waals surface area contributed by atoms with E-state index in [0.717, 1.165) is 10.0 Å². The number of anilines is 1. The van der Waals surface area contributed by atoms with Crippen LogP contribution in [0.2, 0.25) is 10.0 Å². The van der Waals surface area contributed by atoms with Crippen molar-refractivity contribution in [1.82, 2.24) is 0 Å². The first kappa shape index (κ1) is 15.2. The lowest BCUT2D eigenvalue weighted by Crippen LogP contribution is -2.08. The van der Waals surface area contributed by atoms with Gasteiger partial charge in [0.05, 0.1) is 16.3 Å². The number of nitrogens with two attached hydrogens (primary N) is 1. The van der Waals surface area contributed by atoms with E-state index in [1.807, 2.05) is 24.3 Å². The van der Waals surface area contributed by atoms with Gasteiger partial charge in [-0.1, -0.05) is 51.3 Å². The van der Waals surface area contributed by atoms with E-state index < -0.39 is 5.97 Å². The average Bonchev–Trinajstić information content (AvgIpc) is 2.42. The second kappa shape index (κ2) is 6.48. The minimum Gasteiger partial charge on any atom is -0.457 e. The Morgan fingerprint density at radius 2 is 1.85 bits per heavy atom. The number of carbonyl (C=O) groups is 1. The molecule has 2 aromatic carbocycles. The Hall–Kier alpha value is -1.23. The summed E-state index contributed by atoms with van der Waals surface area (Å²) in [5.41, 5.74) is 6.94. The molecule has 0 amide bonds. The van der Waals surface area contributed by atoms with Crippen LogP contribution in [-0.2, 0) is 11.3 Å². The van der Waals surface area contributed by atoms with E-state index in [9.17, 15) is 4.79 Å². The van der Waals surface area contributed by atoms with E-state index in [0.29, 0.717) is 5.02 Å². The Labute approximate surface area is 134 Å². The first-order valence-electron chi connectivity index (χ1n) is 5.63. The molecule has 0 aliphatic rings. The smallest absolute Gasteiger partial charge is 0.340 e. The highest BCUT2D eigenvalue weighted by Gasteiger charge is 2.15. The standard InChI is InChI=1S/C14H10BrCl2NO2/c15-9-3-1-8(2-4-9)7-20-14(19)11-5-10(16)6-12(17)13(11)18/h1-6H,7,18H2. The van der Waals surface area contributed by atoms with E-state index >= 15 is 0 Å². The molecule has 3 nitrogen and oxygen atoms in total. The topological polar surface area (TPSA) is 52.3 Å². The summed E-state index contributed by atoms with van der Waals surface area (Å²) in [6.07, 6.45) is 0. The van der Waals surface area contributed by atoms with Crippen LogP contribution in [0.15, 0.2) is 40.9 Å². The summed E-state index contributed by atoms with van der Waals surface area (Å²) in [5.74, 6) is -0.560. The number of benzene rings is 2. The van der Waals surface area contributed by atoms with Crippen molar-refractivity contribution in [3.8, 4) is 0 Å². The molecule has 0 spiro atoms. The van der Waals surface area contributed by atoms with Crippen LogP contribution < -0.4 is 5.73 Å². The van der Waals surface area contributed by atoms with Gasteiger partial charge in [-0.05, 0) is 29.8 Å². The van der Waals surface area contributed by atoms with Crippen LogP contribution in [0.25, 0.3) is 0 Å². The molecule has 2 N–H and O–H groups in total. The molecule has 0 saturated carbocycles. The van der Waals surface area contributed by atoms with Crippen LogP contribution in [0.3, 0.4) is 0 Å². The summed E-state index contributed by atoms with van der Waals surface area (Å²) in [6.45, 7) is 0.148. The maximum absolute atomic E-state index is 12.0. The van der Waals surface area contributed by atoms with E-state index in [4.69, 9.17) is 33.7 Å². The van der Waals surface area contributed by atoms with Crippen LogP contribution in [0, 0.1) is 0 Å². The molecule has 0 saturated heterocycles. The zero-order valence-electron chi connectivity index (χ0n) is 10.2. The molecular formula is C14H10BrCl2NO2. The Kier molecular flexibility index (Phi) is 4.91. The minimum absolute atomic E-state index is 0.148. The van der Waals surface area contributed by atoms with E-state index in [1.165, 1.54) is 12.1 Å². The average molecular weight is 375 g/mol. The van der Waals surface area contributed by atoms with Crippen LogP contribution in [0.4, 0.5) is 5.69 Å². The Morgan fingerprint density at radius 3 is 2.50 bits per heavy atom. The third kappa shape index (κ3) is 3.66. The summed E-state index contributed by atoms with van der Waals surface area (Å²) in [6, 6.07) is 10.4.